The first-order chi connectivity index (χ1) is 25.3. The highest BCUT2D eigenvalue weighted by Gasteiger charge is 2.49. The maximum absolute atomic E-state index is 13.3. The van der Waals surface area contributed by atoms with Crippen molar-refractivity contribution in [2.24, 2.45) is 16.7 Å². The maximum atomic E-state index is 13.3. The molecule has 4 aromatic rings. The second-order valence-electron chi connectivity index (χ2n) is 15.4. The highest BCUT2D eigenvalue weighted by Crippen LogP contribution is 2.50. The molecule has 15 nitrogen and oxygen atoms in total. The summed E-state index contributed by atoms with van der Waals surface area (Å²) in [6, 6.07) is 5.99. The van der Waals surface area contributed by atoms with Crippen LogP contribution in [-0.4, -0.2) is 128 Å². The molecule has 5 aliphatic rings. The third kappa shape index (κ3) is 6.86. The number of aromatic nitrogens is 6. The molecule has 0 bridgehead atoms. The van der Waals surface area contributed by atoms with Gasteiger partial charge in [-0.05, 0) is 50.7 Å². The number of hydrogen-bond donors (Lipinski definition) is 2. The summed E-state index contributed by atoms with van der Waals surface area (Å²) in [5.41, 5.74) is 2.05. The number of amides is 3. The molecule has 7 heterocycles. The number of nitrogens with one attached hydrogen (secondary N) is 2. The van der Waals surface area contributed by atoms with Gasteiger partial charge in [-0.25, -0.2) is 19.9 Å². The minimum absolute atomic E-state index is 0.0361. The van der Waals surface area contributed by atoms with Gasteiger partial charge in [0.15, 0.2) is 0 Å². The molecule has 9 rings (SSSR count). The molecule has 0 aromatic carbocycles. The zero-order chi connectivity index (χ0) is 35.9. The fraction of sp³-hybridized carbons (Fsp3) is 0.568. The molecule has 0 unspecified atom stereocenters. The van der Waals surface area contributed by atoms with E-state index in [1.54, 1.807) is 19.6 Å². The molecule has 0 radical (unpaired) electrons. The highest BCUT2D eigenvalue weighted by molar-refractivity contribution is 5.88. The zero-order valence-electron chi connectivity index (χ0n) is 29.8. The van der Waals surface area contributed by atoms with Crippen molar-refractivity contribution in [2.75, 3.05) is 75.2 Å². The third-order valence-corrected chi connectivity index (χ3v) is 11.7. The van der Waals surface area contributed by atoms with Crippen LogP contribution >= 0.6 is 0 Å². The minimum Gasteiger partial charge on any atom is -0.354 e. The summed E-state index contributed by atoms with van der Waals surface area (Å²) < 4.78 is 0. The molecular formula is C37H46N12O3. The van der Waals surface area contributed by atoms with Crippen molar-refractivity contribution < 1.29 is 14.4 Å². The molecule has 4 aromatic heterocycles. The standard InChI is InChI=1S/C21H28N6O2.C16H18N6O/c1-15(28)25-8-3-16(4-9-25)20(29)27-11-10-26(12-21(13-27)5-6-21)19-17-2-7-22-18(17)23-14-24-19;17-5-1-13(23)21-7-8-22(10-16(9-21)3-4-16)15-12-2-6-18-14(12)19-11-20-15/h2,7,14,16H,3-6,8-13H2,1H3,(H,22,23,24);2,6,11H,1,3-4,7-10H2,(H,18,19,20). The Balaban J connectivity index is 0.000000153. The number of aromatic amines is 2. The van der Waals surface area contributed by atoms with E-state index in [4.69, 9.17) is 5.26 Å². The number of hydrogen-bond acceptors (Lipinski definition) is 10. The van der Waals surface area contributed by atoms with Crippen LogP contribution in [0.1, 0.15) is 51.9 Å². The van der Waals surface area contributed by atoms with Crippen LogP contribution in [0.3, 0.4) is 0 Å². The predicted molar refractivity (Wildman–Crippen MR) is 194 cm³/mol. The fourth-order valence-electron chi connectivity index (χ4n) is 8.37. The summed E-state index contributed by atoms with van der Waals surface area (Å²) >= 11 is 0. The second kappa shape index (κ2) is 13.7. The van der Waals surface area contributed by atoms with Crippen LogP contribution in [0.2, 0.25) is 0 Å². The largest absolute Gasteiger partial charge is 0.354 e. The molecule has 2 N–H and O–H groups in total. The molecule has 272 valence electrons. The number of carbonyl (C=O) groups excluding carboxylic acids is 3. The van der Waals surface area contributed by atoms with Crippen molar-refractivity contribution in [3.63, 3.8) is 0 Å². The molecular weight excluding hydrogens is 660 g/mol. The van der Waals surface area contributed by atoms with Crippen LogP contribution in [0.15, 0.2) is 37.2 Å². The van der Waals surface area contributed by atoms with E-state index in [0.29, 0.717) is 19.6 Å². The number of carbonyl (C=O) groups is 3. The van der Waals surface area contributed by atoms with Crippen LogP contribution in [0.4, 0.5) is 11.6 Å². The number of rotatable bonds is 4. The topological polar surface area (TPSA) is 174 Å². The first kappa shape index (κ1) is 33.9. The summed E-state index contributed by atoms with van der Waals surface area (Å²) in [7, 11) is 0. The Morgan fingerprint density at radius 2 is 1.25 bits per heavy atom. The molecule has 2 spiro atoms. The van der Waals surface area contributed by atoms with Crippen LogP contribution in [0.25, 0.3) is 22.1 Å². The Bertz CT molecular complexity index is 2000. The first-order valence-electron chi connectivity index (χ1n) is 18.5. The molecule has 3 aliphatic heterocycles. The fourth-order valence-corrected chi connectivity index (χ4v) is 8.37. The summed E-state index contributed by atoms with van der Waals surface area (Å²) in [6.45, 7) is 9.33. The van der Waals surface area contributed by atoms with Gasteiger partial charge < -0.3 is 34.5 Å². The first-order valence-corrected chi connectivity index (χ1v) is 18.5. The van der Waals surface area contributed by atoms with Crippen molar-refractivity contribution in [3.8, 4) is 6.07 Å². The smallest absolute Gasteiger partial charge is 0.236 e. The Morgan fingerprint density at radius 3 is 1.75 bits per heavy atom. The van der Waals surface area contributed by atoms with E-state index in [9.17, 15) is 14.4 Å². The normalized spacial score (nSPS) is 21.0. The lowest BCUT2D eigenvalue weighted by Crippen LogP contribution is -2.45. The van der Waals surface area contributed by atoms with E-state index in [-0.39, 0.29) is 40.9 Å². The molecule has 3 saturated heterocycles. The molecule has 52 heavy (non-hydrogen) atoms. The summed E-state index contributed by atoms with van der Waals surface area (Å²) in [6.07, 6.45) is 13.1. The number of anilines is 2. The lowest BCUT2D eigenvalue weighted by molar-refractivity contribution is -0.140. The molecule has 0 atom stereocenters. The van der Waals surface area contributed by atoms with E-state index >= 15 is 0 Å². The third-order valence-electron chi connectivity index (χ3n) is 11.7. The molecule has 15 heteroatoms. The van der Waals surface area contributed by atoms with Crippen LogP contribution < -0.4 is 9.80 Å². The Kier molecular flexibility index (Phi) is 8.92. The lowest BCUT2D eigenvalue weighted by atomic mass is 9.94. The predicted octanol–water partition coefficient (Wildman–Crippen LogP) is 2.95. The van der Waals surface area contributed by atoms with Gasteiger partial charge in [0.05, 0.1) is 16.8 Å². The Hall–Kier alpha value is -5.26. The molecule has 5 fully saturated rings. The van der Waals surface area contributed by atoms with Crippen molar-refractivity contribution in [2.45, 2.75) is 51.9 Å². The number of likely N-dealkylation sites (tertiary alicyclic amines) is 1. The van der Waals surface area contributed by atoms with Gasteiger partial charge in [-0.1, -0.05) is 0 Å². The van der Waals surface area contributed by atoms with Gasteiger partial charge in [0.2, 0.25) is 17.7 Å². The van der Waals surface area contributed by atoms with Gasteiger partial charge in [-0.15, -0.1) is 0 Å². The number of piperidine rings is 1. The van der Waals surface area contributed by atoms with Gasteiger partial charge in [-0.2, -0.15) is 5.26 Å². The monoisotopic (exact) mass is 706 g/mol. The van der Waals surface area contributed by atoms with E-state index in [1.807, 2.05) is 40.4 Å². The summed E-state index contributed by atoms with van der Waals surface area (Å²) in [5, 5.41) is 10.8. The van der Waals surface area contributed by atoms with Crippen molar-refractivity contribution in [1.82, 2.24) is 44.6 Å². The van der Waals surface area contributed by atoms with Crippen molar-refractivity contribution in [1.29, 1.82) is 5.26 Å². The van der Waals surface area contributed by atoms with Gasteiger partial charge in [0.25, 0.3) is 0 Å². The van der Waals surface area contributed by atoms with E-state index in [2.05, 4.69) is 44.6 Å². The lowest BCUT2D eigenvalue weighted by Gasteiger charge is -2.34. The number of H-pyrrole nitrogens is 2. The van der Waals surface area contributed by atoms with Crippen LogP contribution in [0, 0.1) is 28.1 Å². The Morgan fingerprint density at radius 1 is 0.731 bits per heavy atom. The quantitative estimate of drug-likeness (QED) is 0.321. The van der Waals surface area contributed by atoms with E-state index in [0.717, 1.165) is 118 Å². The van der Waals surface area contributed by atoms with E-state index in [1.165, 1.54) is 0 Å². The zero-order valence-corrected chi connectivity index (χ0v) is 29.8. The molecule has 2 saturated carbocycles. The van der Waals surface area contributed by atoms with Crippen molar-refractivity contribution >= 4 is 51.4 Å². The molecule has 3 amide bonds. The summed E-state index contributed by atoms with van der Waals surface area (Å²) in [5.74, 6) is 2.26. The average Bonchev–Trinajstić information content (AvgIpc) is 4.02. The van der Waals surface area contributed by atoms with Crippen LogP contribution in [-0.2, 0) is 14.4 Å². The second-order valence-corrected chi connectivity index (χ2v) is 15.4. The minimum atomic E-state index is -0.0601. The SMILES string of the molecule is CC(=O)N1CCC(C(=O)N2CCN(c3ncnc4[nH]ccc34)CC3(CC3)C2)CC1.N#CCC(=O)N1CCN(c2ncnc3[nH]ccc23)CC2(CC2)C1. The Labute approximate surface area is 302 Å². The average molecular weight is 707 g/mol. The van der Waals surface area contributed by atoms with E-state index < -0.39 is 0 Å². The number of fused-ring (bicyclic) bond motifs is 2. The van der Waals surface area contributed by atoms with Gasteiger partial charge in [0.1, 0.15) is 42.0 Å². The highest BCUT2D eigenvalue weighted by atomic mass is 16.2. The number of nitrogens with zero attached hydrogens (tertiary/aromatic N) is 10. The van der Waals surface area contributed by atoms with Gasteiger partial charge >= 0.3 is 0 Å². The van der Waals surface area contributed by atoms with Gasteiger partial charge in [-0.3, -0.25) is 14.4 Å². The maximum Gasteiger partial charge on any atom is 0.236 e. The van der Waals surface area contributed by atoms with Gasteiger partial charge in [0, 0.05) is 102 Å². The van der Waals surface area contributed by atoms with Crippen LogP contribution in [0.5, 0.6) is 0 Å². The summed E-state index contributed by atoms with van der Waals surface area (Å²) in [4.78, 5) is 71.3. The molecule has 2 aliphatic carbocycles. The number of nitriles is 1. The van der Waals surface area contributed by atoms with Crippen molar-refractivity contribution in [3.05, 3.63) is 37.2 Å².